The molecule has 5 aromatic rings. The third-order valence-corrected chi connectivity index (χ3v) is 6.72. The highest BCUT2D eigenvalue weighted by molar-refractivity contribution is 5.94. The summed E-state index contributed by atoms with van der Waals surface area (Å²) in [5.74, 6) is -1.23. The van der Waals surface area contributed by atoms with Crippen molar-refractivity contribution in [1.82, 2.24) is 0 Å². The van der Waals surface area contributed by atoms with Gasteiger partial charge in [-0.15, -0.1) is 0 Å². The van der Waals surface area contributed by atoms with Gasteiger partial charge in [-0.2, -0.15) is 0 Å². The quantitative estimate of drug-likeness (QED) is 0.123. The van der Waals surface area contributed by atoms with Crippen LogP contribution in [0.15, 0.2) is 139 Å². The number of carbonyl (C=O) groups is 1. The zero-order chi connectivity index (χ0) is 28.6. The molecule has 0 saturated heterocycles. The van der Waals surface area contributed by atoms with Gasteiger partial charge in [-0.1, -0.05) is 103 Å². The van der Waals surface area contributed by atoms with Crippen LogP contribution in [0.4, 0.5) is 17.1 Å². The van der Waals surface area contributed by atoms with Crippen LogP contribution in [0.1, 0.15) is 27.8 Å². The van der Waals surface area contributed by atoms with E-state index in [2.05, 4.69) is 120 Å². The molecular formula is C37H28N2O2. The smallest absolute Gasteiger partial charge is 0.333 e. The summed E-state index contributed by atoms with van der Waals surface area (Å²) in [6, 6.07) is 45.1. The molecule has 0 fully saturated rings. The molecule has 0 unspecified atom stereocenters. The maximum Gasteiger partial charge on any atom is 0.333 e. The number of nitrogens with zero attached hydrogens (tertiary/aromatic N) is 2. The van der Waals surface area contributed by atoms with E-state index in [9.17, 15) is 9.90 Å². The summed E-state index contributed by atoms with van der Waals surface area (Å²) >= 11 is 0. The lowest BCUT2D eigenvalue weighted by molar-refractivity contribution is -0.132. The number of aryl methyl sites for hydroxylation is 1. The van der Waals surface area contributed by atoms with Crippen LogP contribution < -0.4 is 4.90 Å². The van der Waals surface area contributed by atoms with E-state index in [0.717, 1.165) is 39.3 Å². The molecule has 0 heterocycles. The number of rotatable bonds is 8. The van der Waals surface area contributed by atoms with Crippen molar-refractivity contribution in [2.24, 2.45) is 0 Å². The van der Waals surface area contributed by atoms with Crippen molar-refractivity contribution < 1.29 is 9.90 Å². The van der Waals surface area contributed by atoms with E-state index < -0.39 is 5.97 Å². The van der Waals surface area contributed by atoms with E-state index >= 15 is 0 Å². The molecule has 4 nitrogen and oxygen atoms in total. The minimum atomic E-state index is -1.23. The molecule has 5 aromatic carbocycles. The highest BCUT2D eigenvalue weighted by atomic mass is 16.4. The van der Waals surface area contributed by atoms with Gasteiger partial charge in [0, 0.05) is 17.1 Å². The maximum absolute atomic E-state index is 11.3. The minimum Gasteiger partial charge on any atom is -0.486 e. The first-order valence-corrected chi connectivity index (χ1v) is 13.2. The maximum atomic E-state index is 11.3. The van der Waals surface area contributed by atoms with Crippen LogP contribution in [0.5, 0.6) is 0 Å². The van der Waals surface area contributed by atoms with Gasteiger partial charge in [0.2, 0.25) is 0 Å². The van der Waals surface area contributed by atoms with E-state index in [1.165, 1.54) is 11.6 Å². The fourth-order valence-corrected chi connectivity index (χ4v) is 4.62. The van der Waals surface area contributed by atoms with Crippen LogP contribution in [-0.4, -0.2) is 11.1 Å². The monoisotopic (exact) mass is 532 g/mol. The van der Waals surface area contributed by atoms with E-state index in [1.807, 2.05) is 36.4 Å². The first-order chi connectivity index (χ1) is 20.0. The van der Waals surface area contributed by atoms with Crippen molar-refractivity contribution in [3.63, 3.8) is 0 Å². The molecular weight excluding hydrogens is 504 g/mol. The number of aliphatic carboxylic acids is 1. The summed E-state index contributed by atoms with van der Waals surface area (Å²) in [5.41, 5.74) is 8.96. The zero-order valence-corrected chi connectivity index (χ0v) is 22.6. The fraction of sp³-hybridized carbons (Fsp3) is 0.0270. The number of anilines is 3. The van der Waals surface area contributed by atoms with Crippen LogP contribution in [0.3, 0.4) is 0 Å². The molecule has 4 heteroatoms. The fourth-order valence-electron chi connectivity index (χ4n) is 4.62. The Bertz CT molecular complexity index is 1690. The second-order valence-electron chi connectivity index (χ2n) is 9.59. The summed E-state index contributed by atoms with van der Waals surface area (Å²) in [6.45, 7) is 9.17. The Morgan fingerprint density at radius 1 is 0.634 bits per heavy atom. The van der Waals surface area contributed by atoms with Gasteiger partial charge in [-0.3, -0.25) is 4.79 Å². The zero-order valence-electron chi connectivity index (χ0n) is 22.6. The summed E-state index contributed by atoms with van der Waals surface area (Å²) in [7, 11) is 0. The molecule has 0 aliphatic carbocycles. The van der Waals surface area contributed by atoms with Gasteiger partial charge >= 0.3 is 5.97 Å². The van der Waals surface area contributed by atoms with E-state index in [0.29, 0.717) is 5.56 Å². The third-order valence-electron chi connectivity index (χ3n) is 6.72. The summed E-state index contributed by atoms with van der Waals surface area (Å²) < 4.78 is 0. The van der Waals surface area contributed by atoms with Crippen molar-refractivity contribution in [3.8, 4) is 0 Å². The second kappa shape index (κ2) is 12.5. The number of carboxylic acid groups (broad SMARTS) is 1. The molecule has 0 aromatic heterocycles. The molecule has 1 N–H and O–H groups in total. The van der Waals surface area contributed by atoms with Gasteiger partial charge in [0.25, 0.3) is 5.70 Å². The molecule has 0 spiro atoms. The van der Waals surface area contributed by atoms with Crippen LogP contribution in [-0.2, 0) is 4.79 Å². The Morgan fingerprint density at radius 3 is 1.46 bits per heavy atom. The number of hydrogen-bond acceptors (Lipinski definition) is 2. The average Bonchev–Trinajstić information content (AvgIpc) is 3.02. The molecule has 0 aliphatic heterocycles. The Hall–Kier alpha value is -5.66. The molecule has 0 radical (unpaired) electrons. The van der Waals surface area contributed by atoms with Gasteiger partial charge in [0.05, 0.1) is 6.57 Å². The largest absolute Gasteiger partial charge is 0.486 e. The third kappa shape index (κ3) is 6.50. The lowest BCUT2D eigenvalue weighted by Gasteiger charge is -2.26. The van der Waals surface area contributed by atoms with Crippen LogP contribution in [0, 0.1) is 13.5 Å². The van der Waals surface area contributed by atoms with Crippen molar-refractivity contribution in [2.75, 3.05) is 4.90 Å². The van der Waals surface area contributed by atoms with Gasteiger partial charge in [0.15, 0.2) is 0 Å². The van der Waals surface area contributed by atoms with Crippen LogP contribution in [0.25, 0.3) is 22.6 Å². The van der Waals surface area contributed by atoms with Crippen molar-refractivity contribution in [1.29, 1.82) is 0 Å². The lowest BCUT2D eigenvalue weighted by Crippen LogP contribution is -2.09. The number of benzene rings is 5. The SMILES string of the molecule is [C-]#[N+]/C(=C/c1ccc(N(c2ccc(C)cc2)c2ccc(C=C(c3ccccc3)c3ccccc3)cc2)cc1)C(=O)O. The molecule has 0 bridgehead atoms. The van der Waals surface area contributed by atoms with Crippen LogP contribution >= 0.6 is 0 Å². The van der Waals surface area contributed by atoms with E-state index in [4.69, 9.17) is 6.57 Å². The predicted molar refractivity (Wildman–Crippen MR) is 168 cm³/mol. The summed E-state index contributed by atoms with van der Waals surface area (Å²) in [6.07, 6.45) is 3.59. The topological polar surface area (TPSA) is 44.9 Å². The van der Waals surface area contributed by atoms with Crippen molar-refractivity contribution in [3.05, 3.63) is 178 Å². The van der Waals surface area contributed by atoms with Gasteiger partial charge in [-0.25, -0.2) is 4.85 Å². The average molecular weight is 533 g/mol. The molecule has 0 atom stereocenters. The summed E-state index contributed by atoms with van der Waals surface area (Å²) in [5, 5.41) is 9.21. The second-order valence-corrected chi connectivity index (χ2v) is 9.59. The highest BCUT2D eigenvalue weighted by Gasteiger charge is 2.13. The Kier molecular flexibility index (Phi) is 8.19. The molecule has 41 heavy (non-hydrogen) atoms. The van der Waals surface area contributed by atoms with E-state index in [1.54, 1.807) is 0 Å². The Labute approximate surface area is 240 Å². The minimum absolute atomic E-state index is 0.317. The highest BCUT2D eigenvalue weighted by Crippen LogP contribution is 2.35. The van der Waals surface area contributed by atoms with Crippen LogP contribution in [0.2, 0.25) is 0 Å². The molecule has 5 rings (SSSR count). The lowest BCUT2D eigenvalue weighted by atomic mass is 9.95. The Balaban J connectivity index is 1.53. The molecule has 0 amide bonds. The van der Waals surface area contributed by atoms with E-state index in [-0.39, 0.29) is 5.70 Å². The van der Waals surface area contributed by atoms with Gasteiger partial charge in [-0.05, 0) is 83.3 Å². The van der Waals surface area contributed by atoms with Crippen molar-refractivity contribution >= 4 is 40.8 Å². The molecule has 198 valence electrons. The molecule has 0 saturated carbocycles. The van der Waals surface area contributed by atoms with Crippen molar-refractivity contribution in [2.45, 2.75) is 6.92 Å². The standard InChI is InChI=1S/C37H28N2O2/c1-27-13-19-32(20-14-27)39(34-23-17-29(18-24-34)26-36(38-2)37(40)41)33-21-15-28(16-22-33)25-35(30-9-5-3-6-10-30)31-11-7-4-8-12-31/h3-26H,1H3,(H,40,41)/b36-26+. The number of hydrogen-bond donors (Lipinski definition) is 1. The normalized spacial score (nSPS) is 10.9. The predicted octanol–water partition coefficient (Wildman–Crippen LogP) is 9.40. The first kappa shape index (κ1) is 26.9. The summed E-state index contributed by atoms with van der Waals surface area (Å²) in [4.78, 5) is 16.5. The molecule has 0 aliphatic rings. The van der Waals surface area contributed by atoms with Gasteiger partial charge in [0.1, 0.15) is 0 Å². The number of carboxylic acids is 1. The first-order valence-electron chi connectivity index (χ1n) is 13.2. The Morgan fingerprint density at radius 2 is 1.05 bits per heavy atom. The van der Waals surface area contributed by atoms with Gasteiger partial charge < -0.3 is 10.0 Å².